The van der Waals surface area contributed by atoms with Crippen molar-refractivity contribution in [3.05, 3.63) is 88.2 Å². The summed E-state index contributed by atoms with van der Waals surface area (Å²) in [5, 5.41) is 4.48. The van der Waals surface area contributed by atoms with Gasteiger partial charge in [0.2, 0.25) is 0 Å². The largest absolute Gasteiger partial charge is 0.278 e. The summed E-state index contributed by atoms with van der Waals surface area (Å²) in [7, 11) is 0. The highest BCUT2D eigenvalue weighted by Gasteiger charge is 2.18. The summed E-state index contributed by atoms with van der Waals surface area (Å²) in [6.45, 7) is 5.91. The van der Waals surface area contributed by atoms with Gasteiger partial charge >= 0.3 is 0 Å². The molecule has 0 aliphatic heterocycles. The number of rotatable bonds is 3. The molecule has 1 heterocycles. The van der Waals surface area contributed by atoms with Crippen molar-refractivity contribution in [1.82, 2.24) is 9.78 Å². The summed E-state index contributed by atoms with van der Waals surface area (Å²) in [6.07, 6.45) is 0.791. The van der Waals surface area contributed by atoms with Gasteiger partial charge in [0.1, 0.15) is 0 Å². The van der Waals surface area contributed by atoms with Crippen LogP contribution in [0.4, 0.5) is 0 Å². The zero-order valence-corrected chi connectivity index (χ0v) is 13.7. The Kier molecular flexibility index (Phi) is 4.11. The van der Waals surface area contributed by atoms with E-state index in [1.54, 1.807) is 0 Å². The van der Waals surface area contributed by atoms with Crippen molar-refractivity contribution in [1.29, 1.82) is 0 Å². The number of nitrogens with zero attached hydrogens (tertiary/aromatic N) is 2. The van der Waals surface area contributed by atoms with E-state index in [2.05, 4.69) is 17.2 Å². The van der Waals surface area contributed by atoms with Crippen LogP contribution < -0.4 is 0 Å². The molecule has 0 atom stereocenters. The molecule has 0 radical (unpaired) electrons. The third kappa shape index (κ3) is 3.09. The van der Waals surface area contributed by atoms with Gasteiger partial charge in [0, 0.05) is 23.2 Å². The number of hydrogen-bond acceptors (Lipinski definition) is 2. The molecular formula is C20H20N2O. The zero-order valence-electron chi connectivity index (χ0n) is 13.7. The molecule has 0 aliphatic rings. The van der Waals surface area contributed by atoms with Crippen molar-refractivity contribution >= 4 is 5.91 Å². The van der Waals surface area contributed by atoms with Crippen LogP contribution in [0.15, 0.2) is 54.6 Å². The van der Waals surface area contributed by atoms with Gasteiger partial charge in [-0.2, -0.15) is 5.10 Å². The predicted molar refractivity (Wildman–Crippen MR) is 91.9 cm³/mol. The summed E-state index contributed by atoms with van der Waals surface area (Å²) < 4.78 is 1.53. The molecule has 3 rings (SSSR count). The molecule has 1 aromatic heterocycles. The Bertz CT molecular complexity index is 847. The van der Waals surface area contributed by atoms with E-state index in [1.807, 2.05) is 63.2 Å². The second kappa shape index (κ2) is 6.21. The summed E-state index contributed by atoms with van der Waals surface area (Å²) >= 11 is 0. The second-order valence-corrected chi connectivity index (χ2v) is 5.90. The fraction of sp³-hybridized carbons (Fsp3) is 0.200. The Morgan fingerprint density at radius 1 is 1.00 bits per heavy atom. The molecule has 0 fully saturated rings. The standard InChI is InChI=1S/C20H20N2O/c1-14-8-7-11-18(12-14)20(23)22-16(3)19(15(2)21-22)13-17-9-5-4-6-10-17/h4-12H,13H2,1-3H3. The number of carbonyl (C=O) groups is 1. The van der Waals surface area contributed by atoms with E-state index in [1.165, 1.54) is 10.2 Å². The Morgan fingerprint density at radius 3 is 2.43 bits per heavy atom. The van der Waals surface area contributed by atoms with Gasteiger partial charge < -0.3 is 0 Å². The average Bonchev–Trinajstić information content (AvgIpc) is 2.83. The lowest BCUT2D eigenvalue weighted by Crippen LogP contribution is -2.15. The summed E-state index contributed by atoms with van der Waals surface area (Å²) in [5.41, 5.74) is 5.91. The highest BCUT2D eigenvalue weighted by atomic mass is 16.2. The highest BCUT2D eigenvalue weighted by molar-refractivity contribution is 5.96. The minimum Gasteiger partial charge on any atom is -0.267 e. The van der Waals surface area contributed by atoms with Crippen LogP contribution >= 0.6 is 0 Å². The van der Waals surface area contributed by atoms with Crippen molar-refractivity contribution < 1.29 is 4.79 Å². The highest BCUT2D eigenvalue weighted by Crippen LogP contribution is 2.19. The van der Waals surface area contributed by atoms with Crippen LogP contribution in [0.1, 0.15) is 38.4 Å². The average molecular weight is 304 g/mol. The van der Waals surface area contributed by atoms with Crippen LogP contribution in [-0.2, 0) is 6.42 Å². The lowest BCUT2D eigenvalue weighted by molar-refractivity contribution is 0.0942. The summed E-state index contributed by atoms with van der Waals surface area (Å²) in [6, 6.07) is 17.9. The molecule has 0 saturated heterocycles. The summed E-state index contributed by atoms with van der Waals surface area (Å²) in [4.78, 5) is 12.7. The van der Waals surface area contributed by atoms with E-state index < -0.39 is 0 Å². The van der Waals surface area contributed by atoms with Crippen LogP contribution in [0.25, 0.3) is 0 Å². The minimum absolute atomic E-state index is 0.0754. The van der Waals surface area contributed by atoms with Crippen LogP contribution in [0.5, 0.6) is 0 Å². The van der Waals surface area contributed by atoms with Gasteiger partial charge in [-0.1, -0.05) is 48.0 Å². The third-order valence-corrected chi connectivity index (χ3v) is 4.12. The number of hydrogen-bond donors (Lipinski definition) is 0. The van der Waals surface area contributed by atoms with Crippen molar-refractivity contribution in [2.75, 3.05) is 0 Å². The Hall–Kier alpha value is -2.68. The van der Waals surface area contributed by atoms with Gasteiger partial charge in [-0.3, -0.25) is 4.79 Å². The van der Waals surface area contributed by atoms with Gasteiger partial charge in [-0.25, -0.2) is 4.68 Å². The van der Waals surface area contributed by atoms with E-state index in [4.69, 9.17) is 0 Å². The second-order valence-electron chi connectivity index (χ2n) is 5.90. The fourth-order valence-corrected chi connectivity index (χ4v) is 2.83. The zero-order chi connectivity index (χ0) is 16.4. The molecule has 0 bridgehead atoms. The van der Waals surface area contributed by atoms with Crippen LogP contribution in [0, 0.1) is 20.8 Å². The van der Waals surface area contributed by atoms with E-state index in [-0.39, 0.29) is 5.91 Å². The predicted octanol–water partition coefficient (Wildman–Crippen LogP) is 4.09. The fourth-order valence-electron chi connectivity index (χ4n) is 2.83. The molecule has 3 heteroatoms. The number of aryl methyl sites for hydroxylation is 2. The Balaban J connectivity index is 1.96. The number of aromatic nitrogens is 2. The molecule has 0 spiro atoms. The molecule has 23 heavy (non-hydrogen) atoms. The molecule has 3 aromatic rings. The molecule has 3 nitrogen and oxygen atoms in total. The van der Waals surface area contributed by atoms with Crippen LogP contribution in [-0.4, -0.2) is 15.7 Å². The molecule has 116 valence electrons. The van der Waals surface area contributed by atoms with E-state index in [0.717, 1.165) is 28.9 Å². The topological polar surface area (TPSA) is 34.9 Å². The van der Waals surface area contributed by atoms with Gasteiger partial charge in [0.15, 0.2) is 0 Å². The Morgan fingerprint density at radius 2 is 1.74 bits per heavy atom. The minimum atomic E-state index is -0.0754. The first-order valence-corrected chi connectivity index (χ1v) is 7.76. The molecule has 2 aromatic carbocycles. The first-order chi connectivity index (χ1) is 11.1. The molecule has 0 amide bonds. The van der Waals surface area contributed by atoms with E-state index >= 15 is 0 Å². The lowest BCUT2D eigenvalue weighted by atomic mass is 10.0. The van der Waals surface area contributed by atoms with Gasteiger partial charge in [-0.15, -0.1) is 0 Å². The van der Waals surface area contributed by atoms with E-state index in [0.29, 0.717) is 5.56 Å². The van der Waals surface area contributed by atoms with Crippen LogP contribution in [0.2, 0.25) is 0 Å². The molecule has 0 unspecified atom stereocenters. The third-order valence-electron chi connectivity index (χ3n) is 4.12. The van der Waals surface area contributed by atoms with Crippen molar-refractivity contribution in [2.45, 2.75) is 27.2 Å². The van der Waals surface area contributed by atoms with Gasteiger partial charge in [0.05, 0.1) is 5.69 Å². The van der Waals surface area contributed by atoms with Crippen LogP contribution in [0.3, 0.4) is 0 Å². The first-order valence-electron chi connectivity index (χ1n) is 7.76. The maximum atomic E-state index is 12.7. The maximum absolute atomic E-state index is 12.7. The molecule has 0 saturated carbocycles. The van der Waals surface area contributed by atoms with Crippen molar-refractivity contribution in [3.63, 3.8) is 0 Å². The molecular weight excluding hydrogens is 284 g/mol. The normalized spacial score (nSPS) is 10.7. The number of benzene rings is 2. The molecule has 0 aliphatic carbocycles. The monoisotopic (exact) mass is 304 g/mol. The number of carbonyl (C=O) groups excluding carboxylic acids is 1. The maximum Gasteiger partial charge on any atom is 0.278 e. The van der Waals surface area contributed by atoms with Gasteiger partial charge in [-0.05, 0) is 38.5 Å². The van der Waals surface area contributed by atoms with Crippen molar-refractivity contribution in [2.24, 2.45) is 0 Å². The Labute approximate surface area is 136 Å². The smallest absolute Gasteiger partial charge is 0.267 e. The quantitative estimate of drug-likeness (QED) is 0.730. The first kappa shape index (κ1) is 15.2. The van der Waals surface area contributed by atoms with Crippen molar-refractivity contribution in [3.8, 4) is 0 Å². The van der Waals surface area contributed by atoms with E-state index in [9.17, 15) is 4.79 Å². The lowest BCUT2D eigenvalue weighted by Gasteiger charge is -2.05. The SMILES string of the molecule is Cc1cccc(C(=O)n2nc(C)c(Cc3ccccc3)c2C)c1. The summed E-state index contributed by atoms with van der Waals surface area (Å²) in [5.74, 6) is -0.0754. The van der Waals surface area contributed by atoms with Gasteiger partial charge in [0.25, 0.3) is 5.91 Å². The molecule has 0 N–H and O–H groups in total.